The van der Waals surface area contributed by atoms with Crippen molar-refractivity contribution in [3.8, 4) is 0 Å². The van der Waals surface area contributed by atoms with E-state index in [9.17, 15) is 13.2 Å². The van der Waals surface area contributed by atoms with Crippen LogP contribution in [0.3, 0.4) is 0 Å². The van der Waals surface area contributed by atoms with Crippen molar-refractivity contribution in [2.45, 2.75) is 6.42 Å². The van der Waals surface area contributed by atoms with Crippen LogP contribution in [0.1, 0.15) is 6.42 Å². The molecule has 0 radical (unpaired) electrons. The molecule has 0 heterocycles. The third-order valence-electron chi connectivity index (χ3n) is 0.958. The topological polar surface area (TPSA) is 80.7 Å². The minimum atomic E-state index is -3.95. The van der Waals surface area contributed by atoms with Crippen molar-refractivity contribution >= 4 is 16.1 Å². The summed E-state index contributed by atoms with van der Waals surface area (Å²) >= 11 is 0. The molecule has 0 aliphatic rings. The van der Waals surface area contributed by atoms with Crippen molar-refractivity contribution in [1.82, 2.24) is 0 Å². The normalized spacial score (nSPS) is 11.1. The van der Waals surface area contributed by atoms with Gasteiger partial charge in [-0.1, -0.05) is 6.58 Å². The van der Waals surface area contributed by atoms with Crippen molar-refractivity contribution in [3.05, 3.63) is 12.7 Å². The smallest absolute Gasteiger partial charge is 0.330 e. The molecular formula is C10H22NO5S+. The first kappa shape index (κ1) is 18.4. The first-order valence-corrected chi connectivity index (χ1v) is 6.60. The number of quaternary nitrogens is 1. The molecule has 17 heavy (non-hydrogen) atoms. The molecule has 0 amide bonds. The van der Waals surface area contributed by atoms with E-state index in [1.807, 2.05) is 0 Å². The molecule has 0 spiro atoms. The molecule has 0 aliphatic carbocycles. The number of hydrogen-bond donors (Lipinski definition) is 1. The molecule has 0 bridgehead atoms. The van der Waals surface area contributed by atoms with E-state index >= 15 is 0 Å². The number of rotatable bonds is 5. The zero-order valence-corrected chi connectivity index (χ0v) is 11.7. The number of carbonyl (C=O) groups is 1. The monoisotopic (exact) mass is 268 g/mol. The average Bonchev–Trinajstić information content (AvgIpc) is 2.07. The molecular weight excluding hydrogens is 246 g/mol. The van der Waals surface area contributed by atoms with Crippen LogP contribution in [0.2, 0.25) is 0 Å². The highest BCUT2D eigenvalue weighted by Crippen LogP contribution is 1.90. The molecule has 0 fully saturated rings. The molecule has 0 rings (SSSR count). The summed E-state index contributed by atoms with van der Waals surface area (Å²) in [6.07, 6.45) is 1.06. The lowest BCUT2D eigenvalue weighted by molar-refractivity contribution is -0.849. The number of ether oxygens (including phenoxy) is 1. The van der Waals surface area contributed by atoms with E-state index in [-0.39, 0.29) is 13.0 Å². The van der Waals surface area contributed by atoms with Crippen LogP contribution in [0.15, 0.2) is 12.7 Å². The number of carbonyl (C=O) groups excluding carboxylic acids is 1. The van der Waals surface area contributed by atoms with E-state index < -0.39 is 21.8 Å². The highest BCUT2D eigenvalue weighted by Gasteiger charge is 2.04. The van der Waals surface area contributed by atoms with E-state index in [2.05, 4.69) is 39.5 Å². The van der Waals surface area contributed by atoms with Gasteiger partial charge in [0.1, 0.15) is 0 Å². The fourth-order valence-corrected chi connectivity index (χ4v) is 0.956. The molecule has 6 nitrogen and oxygen atoms in total. The van der Waals surface area contributed by atoms with Crippen LogP contribution >= 0.6 is 0 Å². The first-order chi connectivity index (χ1) is 7.45. The first-order valence-electron chi connectivity index (χ1n) is 4.99. The largest absolute Gasteiger partial charge is 0.463 e. The molecule has 0 aromatic heterocycles. The minimum Gasteiger partial charge on any atom is -0.463 e. The van der Waals surface area contributed by atoms with E-state index in [0.29, 0.717) is 0 Å². The maximum atomic E-state index is 10.4. The molecule has 7 heteroatoms. The number of hydrogen-bond acceptors (Lipinski definition) is 4. The van der Waals surface area contributed by atoms with Crippen molar-refractivity contribution in [1.29, 1.82) is 0 Å². The summed E-state index contributed by atoms with van der Waals surface area (Å²) in [5, 5.41) is 0. The van der Waals surface area contributed by atoms with E-state index in [1.54, 1.807) is 0 Å². The molecule has 0 aliphatic heterocycles. The summed E-state index contributed by atoms with van der Waals surface area (Å²) in [6.45, 7) is 3.11. The van der Waals surface area contributed by atoms with Crippen molar-refractivity contribution in [3.63, 3.8) is 0 Å². The lowest BCUT2D eigenvalue weighted by Gasteiger charge is -2.14. The van der Waals surface area contributed by atoms with Crippen LogP contribution in [0.4, 0.5) is 0 Å². The van der Waals surface area contributed by atoms with Crippen LogP contribution in [0.25, 0.3) is 0 Å². The summed E-state index contributed by atoms with van der Waals surface area (Å²) in [7, 11) is 4.55. The third-order valence-corrected chi connectivity index (χ3v) is 1.76. The Bertz CT molecular complexity index is 323. The van der Waals surface area contributed by atoms with Gasteiger partial charge in [-0.05, 0) is 6.42 Å². The van der Waals surface area contributed by atoms with Crippen LogP contribution in [-0.4, -0.2) is 64.0 Å². The van der Waals surface area contributed by atoms with Crippen LogP contribution in [0.5, 0.6) is 0 Å². The Balaban J connectivity index is 0. The van der Waals surface area contributed by atoms with E-state index in [0.717, 1.165) is 10.6 Å². The van der Waals surface area contributed by atoms with Crippen molar-refractivity contribution in [2.75, 3.05) is 40.6 Å². The Morgan fingerprint density at radius 3 is 2.06 bits per heavy atom. The lowest BCUT2D eigenvalue weighted by Crippen LogP contribution is -2.27. The van der Waals surface area contributed by atoms with Gasteiger partial charge in [-0.15, -0.1) is 0 Å². The number of esters is 1. The van der Waals surface area contributed by atoms with Gasteiger partial charge >= 0.3 is 5.97 Å². The van der Waals surface area contributed by atoms with Gasteiger partial charge in [0.15, 0.2) is 0 Å². The summed E-state index contributed by atoms with van der Waals surface area (Å²) < 4.78 is 34.0. The Hall–Kier alpha value is -0.920. The average molecular weight is 268 g/mol. The standard InChI is InChI=1S/C6H10O5S.C4H12N/c1-2-6(7)11-4-3-5-12(8,9)10;1-5(2,3)4/h2H,1,3-5H2,(H,8,9,10);1-4H3/q;+1. The van der Waals surface area contributed by atoms with Crippen molar-refractivity contribution in [2.24, 2.45) is 0 Å². The van der Waals surface area contributed by atoms with E-state index in [1.165, 1.54) is 0 Å². The zero-order chi connectivity index (χ0) is 14.1. The van der Waals surface area contributed by atoms with Gasteiger partial charge in [-0.25, -0.2) is 4.79 Å². The molecule has 0 aromatic rings. The third kappa shape index (κ3) is 31.3. The second kappa shape index (κ2) is 8.21. The van der Waals surface area contributed by atoms with Gasteiger partial charge in [-0.3, -0.25) is 4.55 Å². The summed E-state index contributed by atoms with van der Waals surface area (Å²) in [5.41, 5.74) is 0. The Morgan fingerprint density at radius 2 is 1.76 bits per heavy atom. The minimum absolute atomic E-state index is 0.0371. The SMILES string of the molecule is C=CC(=O)OCCCS(=O)(=O)O.C[N+](C)(C)C. The summed E-state index contributed by atoms with van der Waals surface area (Å²) in [5.74, 6) is -1.01. The molecule has 1 N–H and O–H groups in total. The highest BCUT2D eigenvalue weighted by atomic mass is 32.2. The molecule has 0 saturated heterocycles. The lowest BCUT2D eigenvalue weighted by atomic mass is 10.5. The fraction of sp³-hybridized carbons (Fsp3) is 0.700. The van der Waals surface area contributed by atoms with Crippen LogP contribution in [0, 0.1) is 0 Å². The van der Waals surface area contributed by atoms with Crippen LogP contribution in [-0.2, 0) is 19.6 Å². The fourth-order valence-electron chi connectivity index (χ4n) is 0.473. The highest BCUT2D eigenvalue weighted by molar-refractivity contribution is 7.85. The Labute approximate surface area is 103 Å². The Kier molecular flexibility index (Phi) is 8.91. The maximum absolute atomic E-state index is 10.4. The zero-order valence-electron chi connectivity index (χ0n) is 10.8. The van der Waals surface area contributed by atoms with Gasteiger partial charge in [0, 0.05) is 6.08 Å². The molecule has 0 unspecified atom stereocenters. The Morgan fingerprint density at radius 1 is 1.35 bits per heavy atom. The molecule has 0 aromatic carbocycles. The predicted octanol–water partition coefficient (Wildman–Crippen LogP) is 0.316. The van der Waals surface area contributed by atoms with Gasteiger partial charge in [0.25, 0.3) is 10.1 Å². The molecule has 0 saturated carbocycles. The molecule has 102 valence electrons. The van der Waals surface area contributed by atoms with Crippen LogP contribution < -0.4 is 0 Å². The van der Waals surface area contributed by atoms with Gasteiger partial charge in [-0.2, -0.15) is 8.42 Å². The van der Waals surface area contributed by atoms with Crippen molar-refractivity contribution < 1.29 is 27.0 Å². The maximum Gasteiger partial charge on any atom is 0.330 e. The summed E-state index contributed by atoms with van der Waals surface area (Å²) in [6, 6.07) is 0. The summed E-state index contributed by atoms with van der Waals surface area (Å²) in [4.78, 5) is 10.4. The second-order valence-electron chi connectivity index (χ2n) is 4.69. The number of nitrogens with zero attached hydrogens (tertiary/aromatic N) is 1. The second-order valence-corrected chi connectivity index (χ2v) is 6.27. The molecule has 0 atom stereocenters. The van der Waals surface area contributed by atoms with Gasteiger partial charge < -0.3 is 9.22 Å². The van der Waals surface area contributed by atoms with E-state index in [4.69, 9.17) is 4.55 Å². The van der Waals surface area contributed by atoms with Gasteiger partial charge in [0.2, 0.25) is 0 Å². The predicted molar refractivity (Wildman–Crippen MR) is 66.1 cm³/mol. The quantitative estimate of drug-likeness (QED) is 0.255. The van der Waals surface area contributed by atoms with Gasteiger partial charge in [0.05, 0.1) is 40.6 Å².